The molecule has 1 atom stereocenters. The Morgan fingerprint density at radius 2 is 2.29 bits per heavy atom. The van der Waals surface area contributed by atoms with Gasteiger partial charge in [0, 0.05) is 10.9 Å². The first kappa shape index (κ1) is 13.4. The average molecular weight is 305 g/mol. The van der Waals surface area contributed by atoms with Crippen LogP contribution in [0.3, 0.4) is 0 Å². The molecule has 2 N–H and O–H groups in total. The van der Waals surface area contributed by atoms with Crippen LogP contribution in [0.15, 0.2) is 4.79 Å². The van der Waals surface area contributed by atoms with Gasteiger partial charge in [0.2, 0.25) is 0 Å². The molecule has 1 fully saturated rings. The molecule has 5 nitrogen and oxygen atoms in total. The Kier molecular flexibility index (Phi) is 3.32. The second-order valence-electron chi connectivity index (χ2n) is 6.00. The van der Waals surface area contributed by atoms with Gasteiger partial charge >= 0.3 is 0 Å². The Bertz CT molecular complexity index is 736. The van der Waals surface area contributed by atoms with E-state index >= 15 is 0 Å². The maximum absolute atomic E-state index is 12.4. The van der Waals surface area contributed by atoms with Crippen LogP contribution in [0.2, 0.25) is 0 Å². The minimum atomic E-state index is 0.00847. The number of H-pyrrole nitrogens is 1. The van der Waals surface area contributed by atoms with Crippen LogP contribution in [0.25, 0.3) is 10.2 Å². The van der Waals surface area contributed by atoms with E-state index in [0.717, 1.165) is 54.7 Å². The maximum Gasteiger partial charge on any atom is 0.259 e. The van der Waals surface area contributed by atoms with Crippen LogP contribution >= 0.6 is 11.3 Å². The van der Waals surface area contributed by atoms with E-state index in [-0.39, 0.29) is 18.2 Å². The summed E-state index contributed by atoms with van der Waals surface area (Å²) in [6, 6.07) is 0.208. The lowest BCUT2D eigenvalue weighted by atomic mass is 10.2. The standard InChI is InChI=1S/C15H19N3O2S/c19-8-9-3-2-6-18(9)7-12-16-14(20)13-10-4-1-5-11(10)21-15(13)17-12/h9,19H,1-8H2,(H,16,17,20)/t9-/m1/s1. The number of hydrogen-bond acceptors (Lipinski definition) is 5. The van der Waals surface area contributed by atoms with Crippen molar-refractivity contribution in [3.8, 4) is 0 Å². The number of aromatic amines is 1. The number of likely N-dealkylation sites (tertiary alicyclic amines) is 1. The fourth-order valence-electron chi connectivity index (χ4n) is 3.62. The van der Waals surface area contributed by atoms with E-state index in [1.165, 1.54) is 10.4 Å². The van der Waals surface area contributed by atoms with Gasteiger partial charge in [-0.25, -0.2) is 4.98 Å². The van der Waals surface area contributed by atoms with Crippen molar-refractivity contribution in [2.75, 3.05) is 13.2 Å². The monoisotopic (exact) mass is 305 g/mol. The molecule has 6 heteroatoms. The van der Waals surface area contributed by atoms with Gasteiger partial charge in [0.15, 0.2) is 0 Å². The van der Waals surface area contributed by atoms with E-state index < -0.39 is 0 Å². The highest BCUT2D eigenvalue weighted by Crippen LogP contribution is 2.34. The molecule has 4 rings (SSSR count). The predicted molar refractivity (Wildman–Crippen MR) is 82.8 cm³/mol. The number of aliphatic hydroxyl groups is 1. The quantitative estimate of drug-likeness (QED) is 0.900. The fourth-order valence-corrected chi connectivity index (χ4v) is 4.91. The number of aryl methyl sites for hydroxylation is 2. The van der Waals surface area contributed by atoms with Gasteiger partial charge in [-0.3, -0.25) is 9.69 Å². The summed E-state index contributed by atoms with van der Waals surface area (Å²) in [4.78, 5) is 24.5. The molecule has 3 heterocycles. The topological polar surface area (TPSA) is 69.2 Å². The van der Waals surface area contributed by atoms with Gasteiger partial charge in [0.25, 0.3) is 5.56 Å². The minimum Gasteiger partial charge on any atom is -0.395 e. The van der Waals surface area contributed by atoms with Crippen LogP contribution in [0.4, 0.5) is 0 Å². The summed E-state index contributed by atoms with van der Waals surface area (Å²) < 4.78 is 0. The van der Waals surface area contributed by atoms with E-state index in [4.69, 9.17) is 0 Å². The van der Waals surface area contributed by atoms with Crippen molar-refractivity contribution in [3.05, 3.63) is 26.6 Å². The lowest BCUT2D eigenvalue weighted by Gasteiger charge is -2.21. The summed E-state index contributed by atoms with van der Waals surface area (Å²) in [5.41, 5.74) is 1.24. The molecule has 2 aromatic heterocycles. The van der Waals surface area contributed by atoms with Crippen LogP contribution in [0, 0.1) is 0 Å². The molecular weight excluding hydrogens is 286 g/mol. The van der Waals surface area contributed by atoms with E-state index in [1.807, 2.05) is 0 Å². The van der Waals surface area contributed by atoms with E-state index in [0.29, 0.717) is 6.54 Å². The van der Waals surface area contributed by atoms with Crippen molar-refractivity contribution in [1.29, 1.82) is 0 Å². The summed E-state index contributed by atoms with van der Waals surface area (Å²) in [6.07, 6.45) is 5.38. The third-order valence-corrected chi connectivity index (χ3v) is 5.87. The molecule has 2 aromatic rings. The van der Waals surface area contributed by atoms with Crippen molar-refractivity contribution in [1.82, 2.24) is 14.9 Å². The third kappa shape index (κ3) is 2.22. The first-order valence-corrected chi connectivity index (χ1v) is 8.46. The Morgan fingerprint density at radius 1 is 1.38 bits per heavy atom. The molecule has 0 bridgehead atoms. The molecule has 0 amide bonds. The van der Waals surface area contributed by atoms with Crippen LogP contribution in [-0.4, -0.2) is 39.2 Å². The summed E-state index contributed by atoms with van der Waals surface area (Å²) in [5, 5.41) is 10.2. The van der Waals surface area contributed by atoms with Crippen LogP contribution < -0.4 is 5.56 Å². The average Bonchev–Trinajstić information content (AvgIpc) is 3.12. The number of fused-ring (bicyclic) bond motifs is 3. The number of nitrogens with one attached hydrogen (secondary N) is 1. The van der Waals surface area contributed by atoms with Crippen molar-refractivity contribution in [2.45, 2.75) is 44.7 Å². The third-order valence-electron chi connectivity index (χ3n) is 4.69. The van der Waals surface area contributed by atoms with Gasteiger partial charge in [-0.05, 0) is 44.2 Å². The zero-order valence-corrected chi connectivity index (χ0v) is 12.7. The van der Waals surface area contributed by atoms with Crippen LogP contribution in [-0.2, 0) is 19.4 Å². The van der Waals surface area contributed by atoms with E-state index in [1.54, 1.807) is 11.3 Å². The molecule has 0 saturated carbocycles. The largest absolute Gasteiger partial charge is 0.395 e. The zero-order valence-electron chi connectivity index (χ0n) is 11.9. The van der Waals surface area contributed by atoms with Gasteiger partial charge < -0.3 is 10.1 Å². The van der Waals surface area contributed by atoms with E-state index in [2.05, 4.69) is 14.9 Å². The molecule has 0 radical (unpaired) electrons. The molecule has 0 spiro atoms. The summed E-state index contributed by atoms with van der Waals surface area (Å²) in [7, 11) is 0. The van der Waals surface area contributed by atoms with Crippen molar-refractivity contribution in [2.24, 2.45) is 0 Å². The Labute approximate surface area is 126 Å². The lowest BCUT2D eigenvalue weighted by molar-refractivity contribution is 0.151. The van der Waals surface area contributed by atoms with Crippen LogP contribution in [0.1, 0.15) is 35.5 Å². The van der Waals surface area contributed by atoms with Gasteiger partial charge in [-0.2, -0.15) is 0 Å². The maximum atomic E-state index is 12.4. The highest BCUT2D eigenvalue weighted by atomic mass is 32.1. The number of nitrogens with zero attached hydrogens (tertiary/aromatic N) is 2. The number of hydrogen-bond donors (Lipinski definition) is 2. The molecule has 0 aromatic carbocycles. The summed E-state index contributed by atoms with van der Waals surface area (Å²) >= 11 is 1.68. The molecule has 1 aliphatic carbocycles. The first-order chi connectivity index (χ1) is 10.3. The number of aromatic nitrogens is 2. The Balaban J connectivity index is 1.69. The van der Waals surface area contributed by atoms with Gasteiger partial charge in [0.05, 0.1) is 18.5 Å². The lowest BCUT2D eigenvalue weighted by Crippen LogP contribution is -2.33. The Morgan fingerprint density at radius 3 is 3.14 bits per heavy atom. The Hall–Kier alpha value is -1.24. The fraction of sp³-hybridized carbons (Fsp3) is 0.600. The predicted octanol–water partition coefficient (Wildman–Crippen LogP) is 1.43. The van der Waals surface area contributed by atoms with Crippen LogP contribution in [0.5, 0.6) is 0 Å². The SMILES string of the molecule is O=c1[nH]c(CN2CCC[C@@H]2CO)nc2sc3c(c12)CCC3. The highest BCUT2D eigenvalue weighted by Gasteiger charge is 2.25. The second kappa shape index (κ2) is 5.19. The summed E-state index contributed by atoms with van der Waals surface area (Å²) in [5.74, 6) is 0.729. The van der Waals surface area contributed by atoms with Gasteiger partial charge in [-0.1, -0.05) is 0 Å². The smallest absolute Gasteiger partial charge is 0.259 e. The number of aliphatic hydroxyl groups excluding tert-OH is 1. The van der Waals surface area contributed by atoms with Gasteiger partial charge in [-0.15, -0.1) is 11.3 Å². The zero-order chi connectivity index (χ0) is 14.4. The van der Waals surface area contributed by atoms with Crippen molar-refractivity contribution < 1.29 is 5.11 Å². The highest BCUT2D eigenvalue weighted by molar-refractivity contribution is 7.18. The molecule has 2 aliphatic rings. The minimum absolute atomic E-state index is 0.00847. The molecule has 1 aliphatic heterocycles. The second-order valence-corrected chi connectivity index (χ2v) is 7.08. The molecular formula is C15H19N3O2S. The van der Waals surface area contributed by atoms with Gasteiger partial charge in [0.1, 0.15) is 10.7 Å². The molecule has 0 unspecified atom stereocenters. The number of thiophene rings is 1. The van der Waals surface area contributed by atoms with Crippen molar-refractivity contribution >= 4 is 21.6 Å². The molecule has 1 saturated heterocycles. The molecule has 112 valence electrons. The summed E-state index contributed by atoms with van der Waals surface area (Å²) in [6.45, 7) is 1.77. The van der Waals surface area contributed by atoms with Crippen molar-refractivity contribution in [3.63, 3.8) is 0 Å². The van der Waals surface area contributed by atoms with E-state index in [9.17, 15) is 9.90 Å². The first-order valence-electron chi connectivity index (χ1n) is 7.64. The normalized spacial score (nSPS) is 22.2. The number of rotatable bonds is 3. The molecule has 21 heavy (non-hydrogen) atoms.